The number of halogens is 1. The Kier molecular flexibility index (Phi) is 5.77. The van der Waals surface area contributed by atoms with E-state index in [1.165, 1.54) is 6.20 Å². The van der Waals surface area contributed by atoms with Crippen LogP contribution in [0.25, 0.3) is 0 Å². The van der Waals surface area contributed by atoms with Crippen LogP contribution in [0.1, 0.15) is 37.8 Å². The van der Waals surface area contributed by atoms with E-state index in [9.17, 15) is 9.18 Å². The zero-order chi connectivity index (χ0) is 17.9. The van der Waals surface area contributed by atoms with Crippen molar-refractivity contribution in [2.24, 2.45) is 5.73 Å². The van der Waals surface area contributed by atoms with Gasteiger partial charge in [0.25, 0.3) is 0 Å². The molecule has 2 heterocycles. The van der Waals surface area contributed by atoms with Gasteiger partial charge in [0.2, 0.25) is 5.95 Å². The van der Waals surface area contributed by atoms with Gasteiger partial charge in [0, 0.05) is 44.4 Å². The van der Waals surface area contributed by atoms with E-state index in [0.29, 0.717) is 25.3 Å². The molecule has 2 rings (SSSR count). The number of likely N-dealkylation sites (tertiary alicyclic amines) is 1. The minimum Gasteiger partial charge on any atom is -0.383 e. The van der Waals surface area contributed by atoms with Crippen molar-refractivity contribution in [3.05, 3.63) is 29.3 Å². The lowest BCUT2D eigenvalue weighted by Crippen LogP contribution is -2.43. The van der Waals surface area contributed by atoms with E-state index in [1.54, 1.807) is 7.11 Å². The fraction of sp³-hybridized carbons (Fsp3) is 0.647. The molecule has 24 heavy (non-hydrogen) atoms. The second-order valence-electron chi connectivity index (χ2n) is 7.29. The van der Waals surface area contributed by atoms with Gasteiger partial charge in [-0.2, -0.15) is 4.39 Å². The number of ether oxygens (including phenoxy) is 1. The minimum absolute atomic E-state index is 0.0407. The van der Waals surface area contributed by atoms with Gasteiger partial charge in [0.1, 0.15) is 0 Å². The third-order valence-corrected chi connectivity index (χ3v) is 4.42. The van der Waals surface area contributed by atoms with Crippen molar-refractivity contribution in [2.45, 2.75) is 38.1 Å². The van der Waals surface area contributed by atoms with Crippen molar-refractivity contribution in [3.63, 3.8) is 0 Å². The highest BCUT2D eigenvalue weighted by atomic mass is 19.1. The summed E-state index contributed by atoms with van der Waals surface area (Å²) >= 11 is 0. The van der Waals surface area contributed by atoms with Crippen LogP contribution in [0.15, 0.2) is 12.3 Å². The van der Waals surface area contributed by atoms with E-state index in [2.05, 4.69) is 15.2 Å². The standard InChI is InChI=1S/C17H27FN4O2/c1-17(2,3)14-11(5-6-20-15(14)18)12-9-22(7-8-24-4)10-13(12)21-16(19)23/h5-6,12-13H,7-10H2,1-4H3,(H3,19,21,23)/t12-,13+/m0/s1. The quantitative estimate of drug-likeness (QED) is 0.799. The summed E-state index contributed by atoms with van der Waals surface area (Å²) < 4.78 is 19.6. The highest BCUT2D eigenvalue weighted by Crippen LogP contribution is 2.36. The first-order valence-corrected chi connectivity index (χ1v) is 8.16. The average Bonchev–Trinajstić information content (AvgIpc) is 2.85. The normalized spacial score (nSPS) is 21.9. The summed E-state index contributed by atoms with van der Waals surface area (Å²) in [5.41, 5.74) is 6.43. The zero-order valence-corrected chi connectivity index (χ0v) is 14.8. The number of hydrogen-bond acceptors (Lipinski definition) is 4. The molecule has 1 aliphatic rings. The van der Waals surface area contributed by atoms with Gasteiger partial charge >= 0.3 is 6.03 Å². The van der Waals surface area contributed by atoms with E-state index in [-0.39, 0.29) is 17.4 Å². The molecule has 1 saturated heterocycles. The average molecular weight is 338 g/mol. The number of amides is 2. The Balaban J connectivity index is 2.37. The van der Waals surface area contributed by atoms with Gasteiger partial charge in [0.15, 0.2) is 0 Å². The maximum atomic E-state index is 14.4. The Morgan fingerprint density at radius 1 is 1.50 bits per heavy atom. The summed E-state index contributed by atoms with van der Waals surface area (Å²) in [4.78, 5) is 17.4. The molecule has 134 valence electrons. The number of carbonyl (C=O) groups excluding carboxylic acids is 1. The summed E-state index contributed by atoms with van der Waals surface area (Å²) in [6.45, 7) is 8.61. The van der Waals surface area contributed by atoms with Crippen molar-refractivity contribution in [1.29, 1.82) is 0 Å². The number of hydrogen-bond donors (Lipinski definition) is 2. The zero-order valence-electron chi connectivity index (χ0n) is 14.8. The highest BCUT2D eigenvalue weighted by molar-refractivity contribution is 5.72. The van der Waals surface area contributed by atoms with Crippen LogP contribution in [-0.2, 0) is 10.2 Å². The second kappa shape index (κ2) is 7.44. The van der Waals surface area contributed by atoms with E-state index in [1.807, 2.05) is 26.8 Å². The predicted molar refractivity (Wildman–Crippen MR) is 90.5 cm³/mol. The first kappa shape index (κ1) is 18.6. The SMILES string of the molecule is COCCN1C[C@@H](NC(N)=O)[C@H](c2ccnc(F)c2C(C)(C)C)C1. The number of rotatable bonds is 5. The first-order valence-electron chi connectivity index (χ1n) is 8.16. The van der Waals surface area contributed by atoms with Gasteiger partial charge in [-0.25, -0.2) is 9.78 Å². The molecule has 0 aliphatic carbocycles. The number of methoxy groups -OCH3 is 1. The fourth-order valence-electron chi connectivity index (χ4n) is 3.43. The molecule has 2 amide bonds. The molecular weight excluding hydrogens is 311 g/mol. The van der Waals surface area contributed by atoms with E-state index >= 15 is 0 Å². The van der Waals surface area contributed by atoms with Crippen LogP contribution in [0.3, 0.4) is 0 Å². The third-order valence-electron chi connectivity index (χ3n) is 4.42. The van der Waals surface area contributed by atoms with Gasteiger partial charge in [0.05, 0.1) is 12.6 Å². The smallest absolute Gasteiger partial charge is 0.312 e. The molecule has 3 N–H and O–H groups in total. The number of aromatic nitrogens is 1. The highest BCUT2D eigenvalue weighted by Gasteiger charge is 2.38. The molecule has 1 aromatic heterocycles. The Morgan fingerprint density at radius 3 is 2.79 bits per heavy atom. The number of pyridine rings is 1. The van der Waals surface area contributed by atoms with E-state index < -0.39 is 12.0 Å². The summed E-state index contributed by atoms with van der Waals surface area (Å²) in [6.07, 6.45) is 1.49. The van der Waals surface area contributed by atoms with Crippen molar-refractivity contribution in [1.82, 2.24) is 15.2 Å². The molecule has 1 aliphatic heterocycles. The molecule has 1 aromatic rings. The monoisotopic (exact) mass is 338 g/mol. The van der Waals surface area contributed by atoms with Gasteiger partial charge in [-0.3, -0.25) is 4.90 Å². The van der Waals surface area contributed by atoms with Crippen LogP contribution in [0.5, 0.6) is 0 Å². The van der Waals surface area contributed by atoms with Crippen LogP contribution >= 0.6 is 0 Å². The maximum Gasteiger partial charge on any atom is 0.312 e. The number of nitrogens with one attached hydrogen (secondary N) is 1. The van der Waals surface area contributed by atoms with Crippen LogP contribution in [-0.4, -0.2) is 55.3 Å². The van der Waals surface area contributed by atoms with Crippen molar-refractivity contribution >= 4 is 6.03 Å². The largest absolute Gasteiger partial charge is 0.383 e. The van der Waals surface area contributed by atoms with Crippen molar-refractivity contribution < 1.29 is 13.9 Å². The predicted octanol–water partition coefficient (Wildman–Crippen LogP) is 1.60. The summed E-state index contributed by atoms with van der Waals surface area (Å²) in [7, 11) is 1.66. The second-order valence-corrected chi connectivity index (χ2v) is 7.29. The molecule has 0 aromatic carbocycles. The molecule has 0 spiro atoms. The summed E-state index contributed by atoms with van der Waals surface area (Å²) in [5, 5.41) is 2.81. The lowest BCUT2D eigenvalue weighted by Gasteiger charge is -2.28. The lowest BCUT2D eigenvalue weighted by molar-refractivity contribution is 0.159. The summed E-state index contributed by atoms with van der Waals surface area (Å²) in [6, 6.07) is 1.12. The molecule has 2 atom stereocenters. The fourth-order valence-corrected chi connectivity index (χ4v) is 3.43. The molecule has 6 nitrogen and oxygen atoms in total. The van der Waals surface area contributed by atoms with Crippen LogP contribution in [0, 0.1) is 5.95 Å². The van der Waals surface area contributed by atoms with E-state index in [4.69, 9.17) is 10.5 Å². The van der Waals surface area contributed by atoms with Gasteiger partial charge in [-0.05, 0) is 17.0 Å². The van der Waals surface area contributed by atoms with Crippen molar-refractivity contribution in [3.8, 4) is 0 Å². The van der Waals surface area contributed by atoms with Crippen LogP contribution < -0.4 is 11.1 Å². The number of carbonyl (C=O) groups is 1. The molecule has 1 fully saturated rings. The molecule has 0 unspecified atom stereocenters. The molecule has 7 heteroatoms. The Hall–Kier alpha value is -1.73. The Morgan fingerprint density at radius 2 is 2.21 bits per heavy atom. The van der Waals surface area contributed by atoms with Gasteiger partial charge in [-0.15, -0.1) is 0 Å². The first-order chi connectivity index (χ1) is 11.2. The molecular formula is C17H27FN4O2. The molecule has 0 radical (unpaired) electrons. The molecule has 0 saturated carbocycles. The topological polar surface area (TPSA) is 80.5 Å². The van der Waals surface area contributed by atoms with Crippen LogP contribution in [0.2, 0.25) is 0 Å². The Bertz CT molecular complexity index is 588. The number of nitrogens with zero attached hydrogens (tertiary/aromatic N) is 2. The summed E-state index contributed by atoms with van der Waals surface area (Å²) in [5.74, 6) is -0.491. The third kappa shape index (κ3) is 4.21. The number of urea groups is 1. The molecule has 0 bridgehead atoms. The lowest BCUT2D eigenvalue weighted by atomic mass is 9.79. The van der Waals surface area contributed by atoms with Crippen molar-refractivity contribution in [2.75, 3.05) is 33.4 Å². The Labute approximate surface area is 142 Å². The maximum absolute atomic E-state index is 14.4. The van der Waals surface area contributed by atoms with Gasteiger partial charge < -0.3 is 15.8 Å². The minimum atomic E-state index is -0.564. The van der Waals surface area contributed by atoms with Crippen LogP contribution in [0.4, 0.5) is 9.18 Å². The number of nitrogens with two attached hydrogens (primary N) is 1. The number of primary amides is 1. The van der Waals surface area contributed by atoms with Gasteiger partial charge in [-0.1, -0.05) is 20.8 Å². The van der Waals surface area contributed by atoms with E-state index in [0.717, 1.165) is 12.1 Å².